The summed E-state index contributed by atoms with van der Waals surface area (Å²) < 4.78 is 0. The lowest BCUT2D eigenvalue weighted by Gasteiger charge is -2.06. The molecule has 1 heterocycles. The second kappa shape index (κ2) is 4.74. The minimum atomic E-state index is -1.21. The summed E-state index contributed by atoms with van der Waals surface area (Å²) in [5.74, 6) is -1.21. The molecule has 0 amide bonds. The fourth-order valence-corrected chi connectivity index (χ4v) is 1.88. The van der Waals surface area contributed by atoms with E-state index in [2.05, 4.69) is 5.32 Å². The van der Waals surface area contributed by atoms with Gasteiger partial charge in [-0.15, -0.1) is 0 Å². The van der Waals surface area contributed by atoms with Gasteiger partial charge >= 0.3 is 16.7 Å². The van der Waals surface area contributed by atoms with Gasteiger partial charge in [0.15, 0.2) is 5.00 Å². The van der Waals surface area contributed by atoms with E-state index in [0.717, 1.165) is 6.07 Å². The van der Waals surface area contributed by atoms with Crippen molar-refractivity contribution in [2.75, 3.05) is 5.32 Å². The van der Waals surface area contributed by atoms with Crippen LogP contribution in [0, 0.1) is 20.2 Å². The Kier molecular flexibility index (Phi) is 3.58. The van der Waals surface area contributed by atoms with Crippen LogP contribution in [0.25, 0.3) is 0 Å². The van der Waals surface area contributed by atoms with Gasteiger partial charge < -0.3 is 10.4 Å². The normalized spacial score (nSPS) is 11.8. The molecule has 17 heavy (non-hydrogen) atoms. The number of hydrogen-bond acceptors (Lipinski definition) is 7. The predicted molar refractivity (Wildman–Crippen MR) is 58.3 cm³/mol. The largest absolute Gasteiger partial charge is 0.480 e. The van der Waals surface area contributed by atoms with E-state index in [1.54, 1.807) is 0 Å². The van der Waals surface area contributed by atoms with Crippen molar-refractivity contribution in [1.82, 2.24) is 0 Å². The summed E-state index contributed by atoms with van der Waals surface area (Å²) in [6, 6.07) is -0.284. The summed E-state index contributed by atoms with van der Waals surface area (Å²) >= 11 is 0.526. The van der Waals surface area contributed by atoms with Crippen LogP contribution in [0.4, 0.5) is 15.7 Å². The van der Waals surface area contributed by atoms with Gasteiger partial charge in [0, 0.05) is 0 Å². The van der Waals surface area contributed by atoms with E-state index in [-0.39, 0.29) is 5.00 Å². The number of rotatable bonds is 5. The van der Waals surface area contributed by atoms with Gasteiger partial charge in [-0.1, -0.05) is 0 Å². The molecule has 0 aliphatic heterocycles. The summed E-state index contributed by atoms with van der Waals surface area (Å²) in [5, 5.41) is 31.5. The van der Waals surface area contributed by atoms with Gasteiger partial charge in [-0.3, -0.25) is 25.0 Å². The average Bonchev–Trinajstić information content (AvgIpc) is 2.61. The van der Waals surface area contributed by atoms with Gasteiger partial charge in [0.25, 0.3) is 0 Å². The van der Waals surface area contributed by atoms with Crippen molar-refractivity contribution in [3.8, 4) is 0 Å². The summed E-state index contributed by atoms with van der Waals surface area (Å²) in [6.45, 7) is 1.28. The van der Waals surface area contributed by atoms with Crippen molar-refractivity contribution < 1.29 is 19.7 Å². The van der Waals surface area contributed by atoms with Crippen molar-refractivity contribution >= 4 is 33.0 Å². The fourth-order valence-electron chi connectivity index (χ4n) is 0.956. The number of nitrogens with one attached hydrogen (secondary N) is 1. The first kappa shape index (κ1) is 12.8. The monoisotopic (exact) mass is 261 g/mol. The molecule has 92 valence electrons. The smallest absolute Gasteiger partial charge is 0.333 e. The molecule has 10 heteroatoms. The van der Waals surface area contributed by atoms with E-state index in [1.807, 2.05) is 0 Å². The number of nitrogens with zero attached hydrogens (tertiary/aromatic N) is 2. The van der Waals surface area contributed by atoms with Crippen LogP contribution < -0.4 is 5.32 Å². The Balaban J connectivity index is 3.08. The molecule has 0 bridgehead atoms. The van der Waals surface area contributed by atoms with E-state index in [4.69, 9.17) is 5.11 Å². The Bertz CT molecular complexity index is 484. The fraction of sp³-hybridized carbons (Fsp3) is 0.286. The highest BCUT2D eigenvalue weighted by molar-refractivity contribution is 7.19. The van der Waals surface area contributed by atoms with Crippen molar-refractivity contribution in [2.24, 2.45) is 0 Å². The Morgan fingerprint density at radius 1 is 1.47 bits per heavy atom. The number of anilines is 1. The summed E-state index contributed by atoms with van der Waals surface area (Å²) in [7, 11) is 0. The zero-order chi connectivity index (χ0) is 13.2. The molecule has 1 rings (SSSR count). The molecule has 1 atom stereocenters. The van der Waals surface area contributed by atoms with Crippen LogP contribution in [0.15, 0.2) is 6.07 Å². The summed E-state index contributed by atoms with van der Waals surface area (Å²) in [5.41, 5.74) is -0.505. The standard InChI is InChI=1S/C7H7N3O6S/c1-3(7(11)12)8-6-4(9(13)14)2-5(17-6)10(15)16/h2-3,8H,1H3,(H,11,12). The molecule has 0 saturated carbocycles. The van der Waals surface area contributed by atoms with Gasteiger partial charge in [0.05, 0.1) is 9.85 Å². The molecule has 0 aliphatic rings. The molecular formula is C7H7N3O6S. The highest BCUT2D eigenvalue weighted by Crippen LogP contribution is 2.39. The molecular weight excluding hydrogens is 254 g/mol. The van der Waals surface area contributed by atoms with Gasteiger partial charge in [-0.05, 0) is 18.3 Å². The lowest BCUT2D eigenvalue weighted by Crippen LogP contribution is -2.25. The maximum atomic E-state index is 10.6. The van der Waals surface area contributed by atoms with Crippen molar-refractivity contribution in [3.05, 3.63) is 26.3 Å². The zero-order valence-corrected chi connectivity index (χ0v) is 9.26. The first-order valence-corrected chi connectivity index (χ1v) is 5.06. The SMILES string of the molecule is CC(Nc1sc([N+](=O)[O-])cc1[N+](=O)[O-])C(=O)O. The van der Waals surface area contributed by atoms with Gasteiger partial charge in [-0.2, -0.15) is 0 Å². The molecule has 1 unspecified atom stereocenters. The lowest BCUT2D eigenvalue weighted by molar-refractivity contribution is -0.389. The van der Waals surface area contributed by atoms with Crippen LogP contribution in [0.3, 0.4) is 0 Å². The van der Waals surface area contributed by atoms with E-state index in [0.29, 0.717) is 11.3 Å². The third-order valence-corrected chi connectivity index (χ3v) is 2.80. The van der Waals surface area contributed by atoms with E-state index in [9.17, 15) is 25.0 Å². The Hall–Kier alpha value is -2.23. The van der Waals surface area contributed by atoms with Crippen LogP contribution in [0.5, 0.6) is 0 Å². The molecule has 0 saturated heterocycles. The van der Waals surface area contributed by atoms with Crippen LogP contribution >= 0.6 is 11.3 Å². The Morgan fingerprint density at radius 3 is 2.47 bits per heavy atom. The molecule has 2 N–H and O–H groups in total. The van der Waals surface area contributed by atoms with E-state index < -0.39 is 32.5 Å². The number of carboxylic acid groups (broad SMARTS) is 1. The van der Waals surface area contributed by atoms with Crippen molar-refractivity contribution in [2.45, 2.75) is 13.0 Å². The quantitative estimate of drug-likeness (QED) is 0.604. The highest BCUT2D eigenvalue weighted by atomic mass is 32.1. The maximum Gasteiger partial charge on any atom is 0.333 e. The molecule has 0 radical (unpaired) electrons. The topological polar surface area (TPSA) is 136 Å². The number of carboxylic acids is 1. The lowest BCUT2D eigenvalue weighted by atomic mass is 10.3. The predicted octanol–water partition coefficient (Wildman–Crippen LogP) is 1.45. The first-order valence-electron chi connectivity index (χ1n) is 4.25. The molecule has 0 aliphatic carbocycles. The number of nitro groups is 2. The second-order valence-electron chi connectivity index (χ2n) is 3.02. The molecule has 0 spiro atoms. The maximum absolute atomic E-state index is 10.6. The second-order valence-corrected chi connectivity index (χ2v) is 4.05. The third-order valence-electron chi connectivity index (χ3n) is 1.79. The number of carbonyl (C=O) groups is 1. The highest BCUT2D eigenvalue weighted by Gasteiger charge is 2.27. The van der Waals surface area contributed by atoms with Crippen LogP contribution in [-0.4, -0.2) is 27.0 Å². The number of aliphatic carboxylic acids is 1. The van der Waals surface area contributed by atoms with Gasteiger partial charge in [-0.25, -0.2) is 0 Å². The molecule has 1 aromatic rings. The van der Waals surface area contributed by atoms with E-state index in [1.165, 1.54) is 6.92 Å². The minimum Gasteiger partial charge on any atom is -0.480 e. The third kappa shape index (κ3) is 2.87. The number of hydrogen-bond donors (Lipinski definition) is 2. The Labute approximate surface area is 98.0 Å². The average molecular weight is 261 g/mol. The van der Waals surface area contributed by atoms with Crippen molar-refractivity contribution in [3.63, 3.8) is 0 Å². The zero-order valence-electron chi connectivity index (χ0n) is 8.45. The van der Waals surface area contributed by atoms with E-state index >= 15 is 0 Å². The summed E-state index contributed by atoms with van der Waals surface area (Å²) in [4.78, 5) is 30.1. The van der Waals surface area contributed by atoms with Gasteiger partial charge in [0.2, 0.25) is 0 Å². The minimum absolute atomic E-state index is 0.142. The number of thiophene rings is 1. The molecule has 0 fully saturated rings. The van der Waals surface area contributed by atoms with Crippen LogP contribution in [0.2, 0.25) is 0 Å². The van der Waals surface area contributed by atoms with Crippen LogP contribution in [-0.2, 0) is 4.79 Å². The molecule has 0 aromatic carbocycles. The molecule has 1 aromatic heterocycles. The van der Waals surface area contributed by atoms with Gasteiger partial charge in [0.1, 0.15) is 12.1 Å². The molecule has 9 nitrogen and oxygen atoms in total. The Morgan fingerprint density at radius 2 is 2.06 bits per heavy atom. The first-order chi connectivity index (χ1) is 7.82. The van der Waals surface area contributed by atoms with Crippen LogP contribution in [0.1, 0.15) is 6.92 Å². The summed E-state index contributed by atoms with van der Waals surface area (Å²) in [6.07, 6.45) is 0. The van der Waals surface area contributed by atoms with Crippen molar-refractivity contribution in [1.29, 1.82) is 0 Å².